The number of fused-ring (bicyclic) bond motifs is 1. The molecule has 0 amide bonds. The van der Waals surface area contributed by atoms with Crippen LogP contribution in [-0.4, -0.2) is 60.2 Å². The number of aryl methyl sites for hydroxylation is 1. The monoisotopic (exact) mass is 528 g/mol. The molecular formula is C20H19ClF2N6O5S. The lowest BCUT2D eigenvalue weighted by Crippen LogP contribution is -2.16. The number of ether oxygens (including phenoxy) is 3. The van der Waals surface area contributed by atoms with Gasteiger partial charge in [-0.2, -0.15) is 9.97 Å². The highest BCUT2D eigenvalue weighted by atomic mass is 35.5. The Bertz CT molecular complexity index is 1470. The number of methoxy groups -OCH3 is 2. The molecule has 0 spiro atoms. The Balaban J connectivity index is 1.75. The molecule has 0 saturated heterocycles. The summed E-state index contributed by atoms with van der Waals surface area (Å²) in [5.74, 6) is -0.761. The number of H-pyrrole nitrogens is 1. The number of hydrogen-bond donors (Lipinski definition) is 2. The second kappa shape index (κ2) is 9.54. The molecule has 1 aromatic carbocycles. The number of alkyl halides is 2. The maximum Gasteiger partial charge on any atom is 0.272 e. The number of nitrogens with zero attached hydrogens (tertiary/aromatic N) is 4. The number of benzene rings is 1. The topological polar surface area (TPSA) is 133 Å². The molecule has 3 heterocycles. The lowest BCUT2D eigenvalue weighted by molar-refractivity contribution is 0.0781. The van der Waals surface area contributed by atoms with E-state index in [-0.39, 0.29) is 22.4 Å². The highest BCUT2D eigenvalue weighted by Gasteiger charge is 2.26. The van der Waals surface area contributed by atoms with Crippen LogP contribution in [0.2, 0.25) is 5.02 Å². The van der Waals surface area contributed by atoms with Crippen LogP contribution in [-0.2, 0) is 17.1 Å². The molecule has 11 nitrogen and oxygen atoms in total. The molecule has 0 fully saturated rings. The summed E-state index contributed by atoms with van der Waals surface area (Å²) in [6.45, 7) is -0.961. The summed E-state index contributed by atoms with van der Waals surface area (Å²) >= 11 is 6.40. The molecule has 35 heavy (non-hydrogen) atoms. The number of nitrogens with one attached hydrogen (secondary N) is 2. The third-order valence-electron chi connectivity index (χ3n) is 4.87. The Morgan fingerprint density at radius 3 is 2.46 bits per heavy atom. The second-order valence-electron chi connectivity index (χ2n) is 7.06. The summed E-state index contributed by atoms with van der Waals surface area (Å²) in [7, 11) is -0.0456. The van der Waals surface area contributed by atoms with Crippen LogP contribution in [0.1, 0.15) is 0 Å². The minimum atomic E-state index is -4.24. The smallest absolute Gasteiger partial charge is 0.272 e. The summed E-state index contributed by atoms with van der Waals surface area (Å²) in [5, 5.41) is 0.721. The molecule has 2 N–H and O–H groups in total. The number of sulfonamides is 1. The molecule has 0 aliphatic rings. The van der Waals surface area contributed by atoms with Gasteiger partial charge in [-0.25, -0.2) is 26.9 Å². The highest BCUT2D eigenvalue weighted by molar-refractivity contribution is 7.93. The van der Waals surface area contributed by atoms with E-state index in [2.05, 4.69) is 24.7 Å². The van der Waals surface area contributed by atoms with Crippen molar-refractivity contribution >= 4 is 38.5 Å². The lowest BCUT2D eigenvalue weighted by Gasteiger charge is -2.14. The Hall–Kier alpha value is -3.65. The van der Waals surface area contributed by atoms with E-state index in [1.807, 2.05) is 0 Å². The van der Waals surface area contributed by atoms with Crippen molar-refractivity contribution in [3.8, 4) is 28.9 Å². The number of rotatable bonds is 9. The third-order valence-corrected chi connectivity index (χ3v) is 6.55. The van der Waals surface area contributed by atoms with Crippen molar-refractivity contribution in [3.05, 3.63) is 35.7 Å². The minimum Gasteiger partial charge on any atom is -0.478 e. The molecule has 0 saturated carbocycles. The summed E-state index contributed by atoms with van der Waals surface area (Å²) < 4.78 is 70.7. The zero-order chi connectivity index (χ0) is 25.3. The van der Waals surface area contributed by atoms with Crippen LogP contribution in [0.15, 0.2) is 35.6 Å². The predicted octanol–water partition coefficient (Wildman–Crippen LogP) is 3.47. The molecule has 0 atom stereocenters. The Labute approximate surface area is 203 Å². The predicted molar refractivity (Wildman–Crippen MR) is 123 cm³/mol. The normalized spacial score (nSPS) is 11.7. The van der Waals surface area contributed by atoms with E-state index in [0.717, 1.165) is 0 Å². The molecule has 186 valence electrons. The molecule has 4 aromatic rings. The molecule has 3 aromatic heterocycles. The van der Waals surface area contributed by atoms with Crippen LogP contribution >= 0.6 is 11.6 Å². The maximum absolute atomic E-state index is 13.2. The van der Waals surface area contributed by atoms with Crippen LogP contribution in [0.3, 0.4) is 0 Å². The van der Waals surface area contributed by atoms with Gasteiger partial charge in [-0.1, -0.05) is 11.6 Å². The van der Waals surface area contributed by atoms with Crippen molar-refractivity contribution in [2.24, 2.45) is 7.05 Å². The van der Waals surface area contributed by atoms with E-state index in [4.69, 9.17) is 25.8 Å². The molecule has 0 bridgehead atoms. The van der Waals surface area contributed by atoms with Gasteiger partial charge in [0, 0.05) is 31.0 Å². The first kappa shape index (κ1) is 24.5. The first-order valence-electron chi connectivity index (χ1n) is 9.87. The van der Waals surface area contributed by atoms with Gasteiger partial charge in [-0.3, -0.25) is 0 Å². The molecule has 15 heteroatoms. The van der Waals surface area contributed by atoms with Gasteiger partial charge in [0.2, 0.25) is 11.7 Å². The van der Waals surface area contributed by atoms with E-state index >= 15 is 0 Å². The van der Waals surface area contributed by atoms with Gasteiger partial charge < -0.3 is 23.8 Å². The third kappa shape index (κ3) is 4.66. The van der Waals surface area contributed by atoms with Gasteiger partial charge in [0.15, 0.2) is 0 Å². The summed E-state index contributed by atoms with van der Waals surface area (Å²) in [6, 6.07) is 3.12. The standard InChI is InChI=1S/C20H19ClF2N6O5S/c1-29-7-6-24-17(29)14-11(21)5-4-10-12(8-25-15(10)14)35(30,31)28-20-26-18(32-2)16(19(27-20)33-3)34-9-13(22)23/h4-8,13,25H,9H2,1-3H3,(H,26,27,28). The number of aromatic nitrogens is 5. The van der Waals surface area contributed by atoms with Gasteiger partial charge in [0.25, 0.3) is 28.2 Å². The van der Waals surface area contributed by atoms with Crippen molar-refractivity contribution in [2.45, 2.75) is 11.3 Å². The molecule has 0 aliphatic carbocycles. The van der Waals surface area contributed by atoms with Gasteiger partial charge in [0.1, 0.15) is 17.3 Å². The zero-order valence-electron chi connectivity index (χ0n) is 18.5. The first-order chi connectivity index (χ1) is 16.7. The Kier molecular flexibility index (Phi) is 6.67. The van der Waals surface area contributed by atoms with Gasteiger partial charge in [0.05, 0.1) is 30.3 Å². The number of imidazole rings is 1. The van der Waals surface area contributed by atoms with Gasteiger partial charge in [-0.15, -0.1) is 0 Å². The first-order valence-corrected chi connectivity index (χ1v) is 11.7. The Morgan fingerprint density at radius 1 is 1.20 bits per heavy atom. The van der Waals surface area contributed by atoms with Crippen LogP contribution in [0.4, 0.5) is 14.7 Å². The molecular weight excluding hydrogens is 510 g/mol. The fourth-order valence-electron chi connectivity index (χ4n) is 3.37. The fraction of sp³-hybridized carbons (Fsp3) is 0.250. The summed E-state index contributed by atoms with van der Waals surface area (Å²) in [4.78, 5) is 15.0. The number of aromatic amines is 1. The number of hydrogen-bond acceptors (Lipinski definition) is 8. The summed E-state index contributed by atoms with van der Waals surface area (Å²) in [6.07, 6.45) is 1.86. The minimum absolute atomic E-state index is 0.112. The van der Waals surface area contributed by atoms with Crippen LogP contribution < -0.4 is 18.9 Å². The van der Waals surface area contributed by atoms with E-state index in [1.165, 1.54) is 20.4 Å². The van der Waals surface area contributed by atoms with Crippen LogP contribution in [0, 0.1) is 0 Å². The van der Waals surface area contributed by atoms with E-state index in [0.29, 0.717) is 27.3 Å². The van der Waals surface area contributed by atoms with Crippen molar-refractivity contribution in [1.82, 2.24) is 24.5 Å². The average Bonchev–Trinajstić information content (AvgIpc) is 3.43. The molecule has 0 unspecified atom stereocenters. The molecule has 0 radical (unpaired) electrons. The van der Waals surface area contributed by atoms with Crippen molar-refractivity contribution in [3.63, 3.8) is 0 Å². The summed E-state index contributed by atoms with van der Waals surface area (Å²) in [5.41, 5.74) is 0.984. The zero-order valence-corrected chi connectivity index (χ0v) is 20.1. The van der Waals surface area contributed by atoms with Crippen LogP contribution in [0.5, 0.6) is 17.5 Å². The van der Waals surface area contributed by atoms with Crippen molar-refractivity contribution in [1.29, 1.82) is 0 Å². The number of halogens is 3. The van der Waals surface area contributed by atoms with E-state index in [9.17, 15) is 17.2 Å². The highest BCUT2D eigenvalue weighted by Crippen LogP contribution is 2.38. The second-order valence-corrected chi connectivity index (χ2v) is 9.12. The lowest BCUT2D eigenvalue weighted by atomic mass is 10.1. The quantitative estimate of drug-likeness (QED) is 0.337. The van der Waals surface area contributed by atoms with Crippen molar-refractivity contribution in [2.75, 3.05) is 25.5 Å². The number of anilines is 1. The fourth-order valence-corrected chi connectivity index (χ4v) is 4.73. The largest absolute Gasteiger partial charge is 0.478 e. The Morgan fingerprint density at radius 2 is 1.89 bits per heavy atom. The van der Waals surface area contributed by atoms with Crippen molar-refractivity contribution < 1.29 is 31.4 Å². The average molecular weight is 529 g/mol. The maximum atomic E-state index is 13.2. The van der Waals surface area contributed by atoms with Crippen LogP contribution in [0.25, 0.3) is 22.3 Å². The SMILES string of the molecule is COc1nc(NS(=O)(=O)c2c[nH]c3c(-c4nccn4C)c(Cl)ccc23)nc(OC)c1OCC(F)F. The molecule has 4 rings (SSSR count). The van der Waals surface area contributed by atoms with E-state index in [1.54, 1.807) is 36.1 Å². The van der Waals surface area contributed by atoms with Gasteiger partial charge in [-0.05, 0) is 12.1 Å². The van der Waals surface area contributed by atoms with Gasteiger partial charge >= 0.3 is 0 Å². The van der Waals surface area contributed by atoms with E-state index < -0.39 is 29.0 Å². The molecule has 0 aliphatic heterocycles.